The van der Waals surface area contributed by atoms with Crippen molar-refractivity contribution < 1.29 is 73.0 Å². The Kier molecular flexibility index (Phi) is 22.7. The van der Waals surface area contributed by atoms with Crippen LogP contribution in [0.2, 0.25) is 0 Å². The Morgan fingerprint density at radius 2 is 1.08 bits per heavy atom. The first-order valence-electron chi connectivity index (χ1n) is 28.7. The Labute approximate surface area is 537 Å². The average Bonchev–Trinajstić information content (AvgIpc) is 2.62. The quantitative estimate of drug-likeness (QED) is 0.101. The fourth-order valence-corrected chi connectivity index (χ4v) is 10.1. The average molecular weight is 1220 g/mol. The maximum absolute atomic E-state index is 10.5. The Morgan fingerprint density at radius 1 is 0.629 bits per heavy atom. The minimum absolute atomic E-state index is 0. The third-order valence-electron chi connectivity index (χ3n) is 15.0. The number of alkyl halides is 3. The zero-order valence-corrected chi connectivity index (χ0v) is 51.7. The number of hydrogen-bond acceptors (Lipinski definition) is 18. The van der Waals surface area contributed by atoms with Gasteiger partial charge in [-0.3, -0.25) is 27.9 Å². The molecule has 27 heteroatoms. The number of anilines is 2. The van der Waals surface area contributed by atoms with Crippen LogP contribution >= 0.6 is 0 Å². The molecule has 4 aliphatic heterocycles. The molecular weight excluding hydrogens is 1160 g/mol. The number of benzene rings is 2. The number of aromatic nitrogens is 12. The van der Waals surface area contributed by atoms with Gasteiger partial charge in [-0.25, -0.2) is 29.9 Å². The molecular formula is C62H68BF3N16NaO6. The molecule has 14 rings (SSSR count). The Bertz CT molecular complexity index is 3870. The Morgan fingerprint density at radius 3 is 1.46 bits per heavy atom. The van der Waals surface area contributed by atoms with E-state index in [0.717, 1.165) is 150 Å². The first-order chi connectivity index (χ1) is 42.3. The molecule has 0 atom stereocenters. The number of likely N-dealkylation sites (tertiary alicyclic amines) is 1. The van der Waals surface area contributed by atoms with Crippen LogP contribution in [0.3, 0.4) is 0 Å². The Balaban J connectivity index is 0.000000194. The Hall–Kier alpha value is -8.08. The molecule has 0 amide bonds. The maximum Gasteiger partial charge on any atom is 1.00 e. The second-order valence-corrected chi connectivity index (χ2v) is 21.4. The van der Waals surface area contributed by atoms with Crippen LogP contribution in [-0.4, -0.2) is 166 Å². The van der Waals surface area contributed by atoms with Crippen LogP contribution in [0, 0.1) is 0 Å². The number of Topliss-reactive ketones (excluding diaryl/α,β-unsaturated/α-hetero) is 1. The van der Waals surface area contributed by atoms with Gasteiger partial charge in [0.15, 0.2) is 5.78 Å². The zero-order valence-electron chi connectivity index (χ0n) is 50.7. The summed E-state index contributed by atoms with van der Waals surface area (Å²) in [7, 11) is 3.85. The van der Waals surface area contributed by atoms with Crippen LogP contribution < -0.4 is 55.0 Å². The summed E-state index contributed by atoms with van der Waals surface area (Å²) in [6, 6.07) is 29.4. The number of imidazole rings is 2. The van der Waals surface area contributed by atoms with Crippen LogP contribution in [0.4, 0.5) is 24.8 Å². The van der Waals surface area contributed by atoms with Crippen molar-refractivity contribution in [3.63, 3.8) is 0 Å². The van der Waals surface area contributed by atoms with Gasteiger partial charge >= 0.3 is 35.7 Å². The smallest absolute Gasteiger partial charge is 1.00 e. The summed E-state index contributed by atoms with van der Waals surface area (Å²) in [5.41, 5.74) is 11.9. The second kappa shape index (κ2) is 30.9. The SMILES string of the molecule is Cn1cc(-c2ccc(CNc3cc(-c4cnc5cc(OC6CCN(C7COC7)CC6)ccn45)ncn3)cc2)cn1.Cn1cc(-c2ccc(CNc3cc(-c4cnc5cc(OC6CCNCC6)ccn45)ncn3)cc2)cn1.O=C1COC1.OCC(F)(F)F.[B].[H-].[Na+]. The zero-order chi connectivity index (χ0) is 60.1. The molecule has 8 aromatic heterocycles. The number of aliphatic hydroxyl groups excluding tert-OH is 1. The van der Waals surface area contributed by atoms with Crippen LogP contribution in [0.5, 0.6) is 11.5 Å². The van der Waals surface area contributed by atoms with E-state index in [4.69, 9.17) is 19.3 Å². The van der Waals surface area contributed by atoms with Crippen molar-refractivity contribution in [3.8, 4) is 56.5 Å². The largest absolute Gasteiger partial charge is 1.00 e. The van der Waals surface area contributed by atoms with E-state index in [0.29, 0.717) is 32.3 Å². The van der Waals surface area contributed by atoms with Crippen LogP contribution in [-0.2, 0) is 41.5 Å². The monoisotopic (exact) mass is 1220 g/mol. The molecule has 22 nitrogen and oxygen atoms in total. The number of aliphatic hydroxyl groups is 1. The van der Waals surface area contributed by atoms with E-state index >= 15 is 0 Å². The van der Waals surface area contributed by atoms with Gasteiger partial charge in [-0.15, -0.1) is 0 Å². The number of piperidine rings is 2. The minimum atomic E-state index is -4.40. The molecule has 0 aliphatic carbocycles. The third-order valence-corrected chi connectivity index (χ3v) is 15.0. The summed E-state index contributed by atoms with van der Waals surface area (Å²) in [5, 5.41) is 26.0. The van der Waals surface area contributed by atoms with Crippen molar-refractivity contribution >= 4 is 37.1 Å². The van der Waals surface area contributed by atoms with Crippen LogP contribution in [0.15, 0.2) is 147 Å². The number of pyridine rings is 2. The predicted octanol–water partition coefficient (Wildman–Crippen LogP) is 4.84. The number of ether oxygens (including phenoxy) is 4. The number of aryl methyl sites for hydroxylation is 2. The first-order valence-corrected chi connectivity index (χ1v) is 28.7. The molecule has 3 radical (unpaired) electrons. The fraction of sp³-hybridized carbons (Fsp3) is 0.339. The van der Waals surface area contributed by atoms with Gasteiger partial charge in [-0.2, -0.15) is 23.4 Å². The van der Waals surface area contributed by atoms with Gasteiger partial charge in [-0.05, 0) is 73.2 Å². The van der Waals surface area contributed by atoms with Crippen molar-refractivity contribution in [1.82, 2.24) is 68.5 Å². The topological polar surface area (TPSA) is 235 Å². The number of ketones is 1. The summed E-state index contributed by atoms with van der Waals surface area (Å²) in [4.78, 5) is 39.4. The van der Waals surface area contributed by atoms with E-state index in [9.17, 15) is 18.0 Å². The number of halogens is 3. The molecule has 2 aromatic carbocycles. The number of carbonyl (C=O) groups excluding carboxylic acids is 1. The summed E-state index contributed by atoms with van der Waals surface area (Å²) >= 11 is 0. The molecule has 12 heterocycles. The van der Waals surface area contributed by atoms with Gasteiger partial charge < -0.3 is 41.4 Å². The van der Waals surface area contributed by atoms with E-state index in [1.54, 1.807) is 12.7 Å². The van der Waals surface area contributed by atoms with Crippen molar-refractivity contribution in [2.45, 2.75) is 63.2 Å². The van der Waals surface area contributed by atoms with E-state index in [2.05, 4.69) is 114 Å². The van der Waals surface area contributed by atoms with Crippen LogP contribution in [0.25, 0.3) is 56.3 Å². The van der Waals surface area contributed by atoms with E-state index in [-0.39, 0.29) is 57.4 Å². The van der Waals surface area contributed by atoms with Gasteiger partial charge in [-0.1, -0.05) is 48.5 Å². The second-order valence-electron chi connectivity index (χ2n) is 21.4. The molecule has 0 unspecified atom stereocenters. The molecule has 4 fully saturated rings. The van der Waals surface area contributed by atoms with Crippen LogP contribution in [0.1, 0.15) is 38.2 Å². The van der Waals surface area contributed by atoms with E-state index < -0.39 is 12.8 Å². The van der Waals surface area contributed by atoms with E-state index in [1.807, 2.05) is 118 Å². The first kappa shape index (κ1) is 65.4. The number of rotatable bonds is 15. The fourth-order valence-electron chi connectivity index (χ4n) is 10.1. The van der Waals surface area contributed by atoms with Crippen molar-refractivity contribution in [1.29, 1.82) is 0 Å². The molecule has 4 saturated heterocycles. The number of nitrogens with one attached hydrogen (secondary N) is 3. The van der Waals surface area contributed by atoms with Gasteiger partial charge in [0, 0.05) is 109 Å². The van der Waals surface area contributed by atoms with Crippen molar-refractivity contribution in [2.75, 3.05) is 69.8 Å². The molecule has 4 N–H and O–H groups in total. The maximum atomic E-state index is 10.5. The summed E-state index contributed by atoms with van der Waals surface area (Å²) in [6.45, 7) is 6.16. The summed E-state index contributed by atoms with van der Waals surface area (Å²) in [6.07, 6.45) is 18.8. The molecule has 457 valence electrons. The number of hydrogen-bond donors (Lipinski definition) is 4. The van der Waals surface area contributed by atoms with Gasteiger partial charge in [0.05, 0.1) is 66.8 Å². The number of carbonyl (C=O) groups is 1. The number of nitrogens with zero attached hydrogens (tertiary/aromatic N) is 13. The van der Waals surface area contributed by atoms with Crippen molar-refractivity contribution in [3.05, 3.63) is 158 Å². The molecule has 0 saturated carbocycles. The predicted molar refractivity (Wildman–Crippen MR) is 327 cm³/mol. The van der Waals surface area contributed by atoms with Gasteiger partial charge in [0.1, 0.15) is 79.1 Å². The van der Waals surface area contributed by atoms with Crippen molar-refractivity contribution in [2.24, 2.45) is 14.1 Å². The molecule has 89 heavy (non-hydrogen) atoms. The normalized spacial score (nSPS) is 15.3. The molecule has 10 aromatic rings. The standard InChI is InChI=1S/C30H32N8O2.C27H28N8O.C3H4O2.C2H3F3O.B.Na.H/c1-36-17-23(15-35-36)22-4-2-21(3-5-22)14-31-29-13-27(33-20-34-29)28-16-32-30-12-26(8-11-38(28)30)40-25-6-9-37(10-7-25)24-18-39-19-24;1-34-17-21(15-33-34)20-4-2-19(3-5-20)14-29-26-13-24(31-18-32-26)25-16-30-27-12-23(8-11-35(25)27)36-22-6-9-28-10-7-22;4-3-1-5-2-3;3-2(4,5)1-6;;;/h2-5,8,11-13,15-17,20,24-25H,6-7,9-10,14,18-19H2,1H3,(H,31,33,34);2-5,8,11-13,15-18,22,28H,6-7,9-10,14H2,1H3,(H,29,31,32);1-2H2;6H,1H2;;;/q;;;;;+1;-1. The minimum Gasteiger partial charge on any atom is -1.00 e. The number of fused-ring (bicyclic) bond motifs is 2. The van der Waals surface area contributed by atoms with Gasteiger partial charge in [0.2, 0.25) is 0 Å². The molecule has 0 spiro atoms. The van der Waals surface area contributed by atoms with Gasteiger partial charge in [0.25, 0.3) is 0 Å². The summed E-state index contributed by atoms with van der Waals surface area (Å²) in [5.74, 6) is 3.44. The molecule has 4 aliphatic rings. The summed E-state index contributed by atoms with van der Waals surface area (Å²) < 4.78 is 61.6. The third kappa shape index (κ3) is 17.8. The molecule has 0 bridgehead atoms. The van der Waals surface area contributed by atoms with E-state index in [1.165, 1.54) is 5.56 Å².